The zero-order valence-corrected chi connectivity index (χ0v) is 11.6. The third-order valence-electron chi connectivity index (χ3n) is 3.26. The van der Waals surface area contributed by atoms with Gasteiger partial charge < -0.3 is 19.9 Å². The summed E-state index contributed by atoms with van der Waals surface area (Å²) >= 11 is 0. The standard InChI is InChI=1S/C16H16FNO3/c1-10(18)16(11-3-2-4-12(17)7-11)21-13-5-6-14-15(8-13)20-9-19-14/h2-8,10,16H,9,18H2,1H3. The third kappa shape index (κ3) is 2.92. The Bertz CT molecular complexity index is 645. The summed E-state index contributed by atoms with van der Waals surface area (Å²) in [5.41, 5.74) is 6.67. The van der Waals surface area contributed by atoms with Gasteiger partial charge in [0.1, 0.15) is 17.7 Å². The summed E-state index contributed by atoms with van der Waals surface area (Å²) in [6, 6.07) is 11.3. The quantitative estimate of drug-likeness (QED) is 0.940. The molecule has 0 saturated heterocycles. The van der Waals surface area contributed by atoms with Gasteiger partial charge >= 0.3 is 0 Å². The fraction of sp³-hybridized carbons (Fsp3) is 0.250. The number of nitrogens with two attached hydrogens (primary N) is 1. The maximum atomic E-state index is 13.4. The monoisotopic (exact) mass is 289 g/mol. The second-order valence-electron chi connectivity index (χ2n) is 4.97. The molecule has 3 rings (SSSR count). The van der Waals surface area contributed by atoms with E-state index in [1.165, 1.54) is 12.1 Å². The number of hydrogen-bond acceptors (Lipinski definition) is 4. The van der Waals surface area contributed by atoms with Gasteiger partial charge in [-0.05, 0) is 36.8 Å². The molecule has 110 valence electrons. The van der Waals surface area contributed by atoms with Gasteiger partial charge in [0.15, 0.2) is 11.5 Å². The van der Waals surface area contributed by atoms with Gasteiger partial charge in [-0.1, -0.05) is 12.1 Å². The van der Waals surface area contributed by atoms with Gasteiger partial charge in [0.25, 0.3) is 0 Å². The predicted molar refractivity (Wildman–Crippen MR) is 76.0 cm³/mol. The Labute approximate surface area is 122 Å². The first-order valence-corrected chi connectivity index (χ1v) is 6.71. The van der Waals surface area contributed by atoms with Crippen LogP contribution >= 0.6 is 0 Å². The minimum Gasteiger partial charge on any atom is -0.484 e. The van der Waals surface area contributed by atoms with Crippen molar-refractivity contribution in [3.05, 3.63) is 53.8 Å². The molecule has 0 amide bonds. The minimum atomic E-state index is -0.443. The normalized spacial score (nSPS) is 15.6. The predicted octanol–water partition coefficient (Wildman–Crippen LogP) is 3.02. The van der Waals surface area contributed by atoms with E-state index in [0.29, 0.717) is 22.8 Å². The van der Waals surface area contributed by atoms with Crippen LogP contribution in [-0.2, 0) is 0 Å². The van der Waals surface area contributed by atoms with Crippen molar-refractivity contribution < 1.29 is 18.6 Å². The molecule has 0 fully saturated rings. The molecule has 1 aliphatic rings. The number of rotatable bonds is 4. The molecular weight excluding hydrogens is 273 g/mol. The third-order valence-corrected chi connectivity index (χ3v) is 3.26. The molecule has 2 atom stereocenters. The Morgan fingerprint density at radius 3 is 2.71 bits per heavy atom. The van der Waals surface area contributed by atoms with E-state index in [9.17, 15) is 4.39 Å². The lowest BCUT2D eigenvalue weighted by atomic mass is 10.0. The Kier molecular flexibility index (Phi) is 3.66. The fourth-order valence-electron chi connectivity index (χ4n) is 2.26. The first-order chi connectivity index (χ1) is 10.1. The summed E-state index contributed by atoms with van der Waals surface area (Å²) in [5.74, 6) is 1.61. The molecule has 0 aliphatic carbocycles. The van der Waals surface area contributed by atoms with Crippen LogP contribution in [0.1, 0.15) is 18.6 Å². The fourth-order valence-corrected chi connectivity index (χ4v) is 2.26. The molecule has 4 nitrogen and oxygen atoms in total. The molecule has 0 aromatic heterocycles. The SMILES string of the molecule is CC(N)C(Oc1ccc2c(c1)OCO2)c1cccc(F)c1. The molecule has 0 saturated carbocycles. The van der Waals surface area contributed by atoms with E-state index in [1.807, 2.05) is 6.92 Å². The van der Waals surface area contributed by atoms with Gasteiger partial charge in [-0.2, -0.15) is 0 Å². The van der Waals surface area contributed by atoms with Gasteiger partial charge in [-0.25, -0.2) is 4.39 Å². The lowest BCUT2D eigenvalue weighted by molar-refractivity contribution is 0.171. The molecule has 1 aliphatic heterocycles. The lowest BCUT2D eigenvalue weighted by Gasteiger charge is -2.23. The summed E-state index contributed by atoms with van der Waals surface area (Å²) in [7, 11) is 0. The van der Waals surface area contributed by atoms with Crippen molar-refractivity contribution >= 4 is 0 Å². The number of benzene rings is 2. The average Bonchev–Trinajstić information content (AvgIpc) is 2.92. The number of fused-ring (bicyclic) bond motifs is 1. The van der Waals surface area contributed by atoms with Crippen LogP contribution in [0.3, 0.4) is 0 Å². The summed E-state index contributed by atoms with van der Waals surface area (Å²) in [4.78, 5) is 0. The van der Waals surface area contributed by atoms with E-state index in [2.05, 4.69) is 0 Å². The van der Waals surface area contributed by atoms with Gasteiger partial charge in [-0.15, -0.1) is 0 Å². The van der Waals surface area contributed by atoms with E-state index in [4.69, 9.17) is 19.9 Å². The first kappa shape index (κ1) is 13.7. The summed E-state index contributed by atoms with van der Waals surface area (Å²) in [6.07, 6.45) is -0.443. The van der Waals surface area contributed by atoms with E-state index >= 15 is 0 Å². The number of ether oxygens (including phenoxy) is 3. The largest absolute Gasteiger partial charge is 0.484 e. The summed E-state index contributed by atoms with van der Waals surface area (Å²) < 4.78 is 29.9. The van der Waals surface area contributed by atoms with Crippen molar-refractivity contribution in [3.63, 3.8) is 0 Å². The molecule has 1 heterocycles. The van der Waals surface area contributed by atoms with Crippen LogP contribution in [0.2, 0.25) is 0 Å². The van der Waals surface area contributed by atoms with Crippen LogP contribution in [0.5, 0.6) is 17.2 Å². The molecule has 0 radical (unpaired) electrons. The smallest absolute Gasteiger partial charge is 0.231 e. The highest BCUT2D eigenvalue weighted by Gasteiger charge is 2.21. The topological polar surface area (TPSA) is 53.7 Å². The molecule has 5 heteroatoms. The zero-order chi connectivity index (χ0) is 14.8. The number of hydrogen-bond donors (Lipinski definition) is 1. The molecule has 2 aromatic carbocycles. The maximum absolute atomic E-state index is 13.4. The molecular formula is C16H16FNO3. The highest BCUT2D eigenvalue weighted by atomic mass is 19.1. The van der Waals surface area contributed by atoms with E-state index in [0.717, 1.165) is 0 Å². The highest BCUT2D eigenvalue weighted by Crippen LogP contribution is 2.36. The molecule has 21 heavy (non-hydrogen) atoms. The Morgan fingerprint density at radius 2 is 1.95 bits per heavy atom. The van der Waals surface area contributed by atoms with Crippen molar-refractivity contribution in [2.75, 3.05) is 6.79 Å². The van der Waals surface area contributed by atoms with Crippen LogP contribution in [0, 0.1) is 5.82 Å². The Hall–Kier alpha value is -2.27. The van der Waals surface area contributed by atoms with Crippen LogP contribution < -0.4 is 19.9 Å². The van der Waals surface area contributed by atoms with Gasteiger partial charge in [0.05, 0.1) is 0 Å². The van der Waals surface area contributed by atoms with E-state index in [1.54, 1.807) is 30.3 Å². The molecule has 2 aromatic rings. The molecule has 0 spiro atoms. The van der Waals surface area contributed by atoms with Gasteiger partial charge in [0.2, 0.25) is 6.79 Å². The second kappa shape index (κ2) is 5.61. The van der Waals surface area contributed by atoms with Crippen LogP contribution in [0.25, 0.3) is 0 Å². The van der Waals surface area contributed by atoms with Crippen molar-refractivity contribution in [2.24, 2.45) is 5.73 Å². The van der Waals surface area contributed by atoms with Gasteiger partial charge in [-0.3, -0.25) is 0 Å². The van der Waals surface area contributed by atoms with Crippen LogP contribution in [-0.4, -0.2) is 12.8 Å². The number of halogens is 1. The minimum absolute atomic E-state index is 0.208. The van der Waals surface area contributed by atoms with Crippen molar-refractivity contribution in [3.8, 4) is 17.2 Å². The highest BCUT2D eigenvalue weighted by molar-refractivity contribution is 5.47. The van der Waals surface area contributed by atoms with Crippen molar-refractivity contribution in [2.45, 2.75) is 19.1 Å². The van der Waals surface area contributed by atoms with Crippen LogP contribution in [0.15, 0.2) is 42.5 Å². The van der Waals surface area contributed by atoms with Crippen molar-refractivity contribution in [1.82, 2.24) is 0 Å². The molecule has 2 unspecified atom stereocenters. The van der Waals surface area contributed by atoms with Crippen molar-refractivity contribution in [1.29, 1.82) is 0 Å². The maximum Gasteiger partial charge on any atom is 0.231 e. The first-order valence-electron chi connectivity index (χ1n) is 6.71. The summed E-state index contributed by atoms with van der Waals surface area (Å²) in [5, 5.41) is 0. The molecule has 0 bridgehead atoms. The Balaban J connectivity index is 1.86. The zero-order valence-electron chi connectivity index (χ0n) is 11.6. The van der Waals surface area contributed by atoms with E-state index in [-0.39, 0.29) is 18.7 Å². The van der Waals surface area contributed by atoms with Gasteiger partial charge in [0, 0.05) is 12.1 Å². The second-order valence-corrected chi connectivity index (χ2v) is 4.97. The summed E-state index contributed by atoms with van der Waals surface area (Å²) in [6.45, 7) is 2.03. The lowest BCUT2D eigenvalue weighted by Crippen LogP contribution is -2.29. The van der Waals surface area contributed by atoms with E-state index < -0.39 is 6.10 Å². The Morgan fingerprint density at radius 1 is 1.14 bits per heavy atom. The average molecular weight is 289 g/mol. The van der Waals surface area contributed by atoms with Crippen LogP contribution in [0.4, 0.5) is 4.39 Å². The molecule has 2 N–H and O–H groups in total.